The van der Waals surface area contributed by atoms with Gasteiger partial charge in [-0.1, -0.05) is 56.4 Å². The van der Waals surface area contributed by atoms with E-state index in [0.717, 1.165) is 25.3 Å². The maximum atomic E-state index is 5.55. The van der Waals surface area contributed by atoms with Crippen LogP contribution in [-0.2, 0) is 21.8 Å². The summed E-state index contributed by atoms with van der Waals surface area (Å²) >= 11 is 0. The third kappa shape index (κ3) is 4.85. The molecule has 3 rings (SSSR count). The Morgan fingerprint density at radius 2 is 1.89 bits per heavy atom. The minimum atomic E-state index is 0. The molecule has 0 saturated carbocycles. The van der Waals surface area contributed by atoms with Gasteiger partial charge in [0.15, 0.2) is 0 Å². The van der Waals surface area contributed by atoms with Gasteiger partial charge in [-0.05, 0) is 18.8 Å². The van der Waals surface area contributed by atoms with Crippen molar-refractivity contribution in [3.05, 3.63) is 48.1 Å². The van der Waals surface area contributed by atoms with Gasteiger partial charge in [-0.3, -0.25) is 0 Å². The van der Waals surface area contributed by atoms with Crippen LogP contribution < -0.4 is 0 Å². The first-order valence-corrected chi connectivity index (χ1v) is 6.65. The Hall–Kier alpha value is -1.05. The largest absolute Gasteiger partial charge is 0.475 e. The maximum Gasteiger partial charge on any atom is 0.212 e. The summed E-state index contributed by atoms with van der Waals surface area (Å²) in [7, 11) is 0. The van der Waals surface area contributed by atoms with E-state index < -0.39 is 0 Å². The van der Waals surface area contributed by atoms with Crippen molar-refractivity contribution in [3.63, 3.8) is 0 Å². The second-order valence-electron chi connectivity index (χ2n) is 4.97. The van der Waals surface area contributed by atoms with Crippen LogP contribution in [0.4, 0.5) is 0 Å². The standard InChI is InChI=1S/C11H15NO.C5H6.Fe/c1-8(2)10-7-13-11(12-10)9-5-3-4-6-9;1-2-4-5-3-1;/h3-5,8,10H,6-7H2,1-2H3;1-4H,5H2;/t10-;;/m0../s1. The summed E-state index contributed by atoms with van der Waals surface area (Å²) in [4.78, 5) is 4.56. The van der Waals surface area contributed by atoms with Crippen molar-refractivity contribution >= 4 is 5.90 Å². The Balaban J connectivity index is 0.000000256. The molecule has 0 N–H and O–H groups in total. The van der Waals surface area contributed by atoms with Crippen LogP contribution in [-0.4, -0.2) is 18.5 Å². The molecule has 3 heteroatoms. The van der Waals surface area contributed by atoms with Crippen molar-refractivity contribution < 1.29 is 21.8 Å². The summed E-state index contributed by atoms with van der Waals surface area (Å²) in [5.74, 6) is 1.44. The van der Waals surface area contributed by atoms with Crippen LogP contribution in [0.15, 0.2) is 53.1 Å². The van der Waals surface area contributed by atoms with Crippen molar-refractivity contribution in [1.29, 1.82) is 0 Å². The molecular formula is C16H21FeNO. The van der Waals surface area contributed by atoms with Gasteiger partial charge in [-0.25, -0.2) is 4.99 Å². The molecular weight excluding hydrogens is 278 g/mol. The van der Waals surface area contributed by atoms with E-state index in [1.807, 2.05) is 0 Å². The van der Waals surface area contributed by atoms with Crippen LogP contribution in [0.1, 0.15) is 26.7 Å². The fraction of sp³-hybridized carbons (Fsp3) is 0.438. The molecule has 2 nitrogen and oxygen atoms in total. The topological polar surface area (TPSA) is 21.6 Å². The fourth-order valence-corrected chi connectivity index (χ4v) is 1.91. The summed E-state index contributed by atoms with van der Waals surface area (Å²) in [5, 5.41) is 0. The van der Waals surface area contributed by atoms with Crippen LogP contribution >= 0.6 is 0 Å². The SMILES string of the molecule is C1=CCC=C1.CC(C)[C@@H]1COC(C2=CC=CC2)=N1.[Fe]. The Labute approximate surface area is 126 Å². The van der Waals surface area contributed by atoms with Crippen LogP contribution in [0.2, 0.25) is 0 Å². The number of hydrogen-bond donors (Lipinski definition) is 0. The number of ether oxygens (including phenoxy) is 1. The Morgan fingerprint density at radius 3 is 2.32 bits per heavy atom. The van der Waals surface area contributed by atoms with Gasteiger partial charge >= 0.3 is 0 Å². The van der Waals surface area contributed by atoms with E-state index in [2.05, 4.69) is 61.4 Å². The molecule has 1 aliphatic heterocycles. The molecule has 0 aromatic rings. The summed E-state index contributed by atoms with van der Waals surface area (Å²) in [6.45, 7) is 5.12. The number of rotatable bonds is 2. The van der Waals surface area contributed by atoms with Crippen LogP contribution in [0.5, 0.6) is 0 Å². The predicted molar refractivity (Wildman–Crippen MR) is 76.8 cm³/mol. The molecule has 3 aliphatic rings. The zero-order chi connectivity index (χ0) is 12.8. The Bertz CT molecular complexity index is 420. The molecule has 1 heterocycles. The number of hydrogen-bond acceptors (Lipinski definition) is 2. The maximum absolute atomic E-state index is 5.55. The van der Waals surface area contributed by atoms with E-state index in [1.54, 1.807) is 0 Å². The number of allylic oxidation sites excluding steroid dienone is 7. The van der Waals surface area contributed by atoms with Gasteiger partial charge in [0.05, 0.1) is 6.04 Å². The molecule has 0 amide bonds. The average molecular weight is 299 g/mol. The third-order valence-electron chi connectivity index (χ3n) is 3.14. The summed E-state index contributed by atoms with van der Waals surface area (Å²) in [5.41, 5.74) is 1.23. The monoisotopic (exact) mass is 299 g/mol. The van der Waals surface area contributed by atoms with Crippen molar-refractivity contribution in [2.75, 3.05) is 6.61 Å². The van der Waals surface area contributed by atoms with Crippen molar-refractivity contribution in [2.45, 2.75) is 32.7 Å². The Kier molecular flexibility index (Phi) is 6.90. The smallest absolute Gasteiger partial charge is 0.212 e. The first-order valence-electron chi connectivity index (χ1n) is 6.65. The van der Waals surface area contributed by atoms with Crippen LogP contribution in [0, 0.1) is 5.92 Å². The molecule has 0 aromatic carbocycles. The van der Waals surface area contributed by atoms with Crippen molar-refractivity contribution in [1.82, 2.24) is 0 Å². The van der Waals surface area contributed by atoms with E-state index >= 15 is 0 Å². The zero-order valence-corrected chi connectivity index (χ0v) is 12.6. The number of aliphatic imine (C=N–C) groups is 1. The van der Waals surface area contributed by atoms with Crippen molar-refractivity contribution in [2.24, 2.45) is 10.9 Å². The molecule has 0 spiro atoms. The molecule has 0 unspecified atom stereocenters. The zero-order valence-electron chi connectivity index (χ0n) is 11.5. The van der Waals surface area contributed by atoms with Crippen molar-refractivity contribution in [3.8, 4) is 0 Å². The van der Waals surface area contributed by atoms with E-state index in [4.69, 9.17) is 4.74 Å². The third-order valence-corrected chi connectivity index (χ3v) is 3.14. The molecule has 2 aliphatic carbocycles. The summed E-state index contributed by atoms with van der Waals surface area (Å²) in [6, 6.07) is 0.358. The first-order chi connectivity index (χ1) is 8.77. The van der Waals surface area contributed by atoms with Gasteiger partial charge < -0.3 is 4.74 Å². The minimum Gasteiger partial charge on any atom is -0.475 e. The van der Waals surface area contributed by atoms with E-state index in [1.165, 1.54) is 5.57 Å². The average Bonchev–Trinajstić information content (AvgIpc) is 3.14. The fourth-order valence-electron chi connectivity index (χ4n) is 1.91. The van der Waals surface area contributed by atoms with Gasteiger partial charge in [-0.15, -0.1) is 0 Å². The number of nitrogens with zero attached hydrogens (tertiary/aromatic N) is 1. The molecule has 0 bridgehead atoms. The summed E-state index contributed by atoms with van der Waals surface area (Å²) in [6.07, 6.45) is 16.7. The van der Waals surface area contributed by atoms with Gasteiger partial charge in [0.2, 0.25) is 5.90 Å². The molecule has 104 valence electrons. The van der Waals surface area contributed by atoms with Crippen LogP contribution in [0.3, 0.4) is 0 Å². The minimum absolute atomic E-state index is 0. The second-order valence-corrected chi connectivity index (χ2v) is 4.97. The summed E-state index contributed by atoms with van der Waals surface area (Å²) < 4.78 is 5.55. The second kappa shape index (κ2) is 8.19. The normalized spacial score (nSPS) is 22.6. The van der Waals surface area contributed by atoms with E-state index in [9.17, 15) is 0 Å². The first kappa shape index (κ1) is 16.0. The van der Waals surface area contributed by atoms with E-state index in [0.29, 0.717) is 12.0 Å². The predicted octanol–water partition coefficient (Wildman–Crippen LogP) is 3.83. The quantitative estimate of drug-likeness (QED) is 0.710. The van der Waals surface area contributed by atoms with Gasteiger partial charge in [0.25, 0.3) is 0 Å². The molecule has 0 aromatic heterocycles. The molecule has 1 atom stereocenters. The van der Waals surface area contributed by atoms with E-state index in [-0.39, 0.29) is 17.1 Å². The molecule has 19 heavy (non-hydrogen) atoms. The molecule has 0 radical (unpaired) electrons. The molecule has 0 fully saturated rings. The Morgan fingerprint density at radius 1 is 1.16 bits per heavy atom. The van der Waals surface area contributed by atoms with Gasteiger partial charge in [-0.2, -0.15) is 0 Å². The molecule has 0 saturated heterocycles. The van der Waals surface area contributed by atoms with Gasteiger partial charge in [0.1, 0.15) is 6.61 Å². The van der Waals surface area contributed by atoms with Gasteiger partial charge in [0, 0.05) is 22.6 Å². The van der Waals surface area contributed by atoms with Crippen LogP contribution in [0.25, 0.3) is 0 Å².